The van der Waals surface area contributed by atoms with Crippen molar-refractivity contribution in [3.8, 4) is 0 Å². The molecule has 0 unspecified atom stereocenters. The number of hydrogen-bond donors (Lipinski definition) is 1. The van der Waals surface area contributed by atoms with Crippen LogP contribution in [-0.4, -0.2) is 50.2 Å². The lowest BCUT2D eigenvalue weighted by atomic mass is 10.0. The molecule has 4 rings (SSSR count). The smallest absolute Gasteiger partial charge is 0.145 e. The van der Waals surface area contributed by atoms with Gasteiger partial charge in [0.05, 0.1) is 26.3 Å². The average molecular weight is 336 g/mol. The highest BCUT2D eigenvalue weighted by molar-refractivity contribution is 5.99. The van der Waals surface area contributed by atoms with Gasteiger partial charge in [-0.25, -0.2) is 5.84 Å². The summed E-state index contributed by atoms with van der Waals surface area (Å²) in [5.74, 6) is 6.83. The highest BCUT2D eigenvalue weighted by atomic mass is 16.5. The Morgan fingerprint density at radius 3 is 2.12 bits per heavy atom. The monoisotopic (exact) mass is 336 g/mol. The fourth-order valence-electron chi connectivity index (χ4n) is 3.37. The predicted molar refractivity (Wildman–Crippen MR) is 101 cm³/mol. The highest BCUT2D eigenvalue weighted by Crippen LogP contribution is 2.19. The Labute approximate surface area is 148 Å². The molecule has 0 saturated carbocycles. The number of ether oxygens (including phenoxy) is 1. The van der Waals surface area contributed by atoms with Crippen LogP contribution in [0.2, 0.25) is 0 Å². The van der Waals surface area contributed by atoms with Crippen LogP contribution in [0.5, 0.6) is 0 Å². The molecule has 5 heteroatoms. The molecule has 1 fully saturated rings. The van der Waals surface area contributed by atoms with Crippen molar-refractivity contribution < 1.29 is 4.74 Å². The summed E-state index contributed by atoms with van der Waals surface area (Å²) in [5.41, 5.74) is 4.99. The number of aliphatic imine (C=N–C) groups is 1. The number of rotatable bonds is 4. The second-order valence-corrected chi connectivity index (χ2v) is 6.54. The van der Waals surface area contributed by atoms with Gasteiger partial charge in [-0.2, -0.15) is 0 Å². The molecule has 2 aromatic rings. The predicted octanol–water partition coefficient (Wildman–Crippen LogP) is 2.05. The third-order valence-corrected chi connectivity index (χ3v) is 4.81. The van der Waals surface area contributed by atoms with Crippen molar-refractivity contribution in [2.24, 2.45) is 10.8 Å². The first-order valence-corrected chi connectivity index (χ1v) is 8.87. The zero-order valence-corrected chi connectivity index (χ0v) is 14.4. The summed E-state index contributed by atoms with van der Waals surface area (Å²) in [6.07, 6.45) is 0.933. The molecule has 0 aromatic heterocycles. The summed E-state index contributed by atoms with van der Waals surface area (Å²) < 4.78 is 5.42. The van der Waals surface area contributed by atoms with Gasteiger partial charge in [-0.15, -0.1) is 0 Å². The topological polar surface area (TPSA) is 54.1 Å². The maximum absolute atomic E-state index is 5.94. The minimum absolute atomic E-state index is 0.781. The van der Waals surface area contributed by atoms with Crippen molar-refractivity contribution in [1.29, 1.82) is 0 Å². The number of hydrogen-bond acceptors (Lipinski definition) is 5. The molecule has 25 heavy (non-hydrogen) atoms. The van der Waals surface area contributed by atoms with E-state index in [0.29, 0.717) is 0 Å². The Morgan fingerprint density at radius 1 is 0.880 bits per heavy atom. The van der Waals surface area contributed by atoms with Gasteiger partial charge in [-0.1, -0.05) is 36.4 Å². The molecule has 1 saturated heterocycles. The molecular formula is C20H24N4O. The molecule has 0 amide bonds. The van der Waals surface area contributed by atoms with E-state index in [-0.39, 0.29) is 0 Å². The average Bonchev–Trinajstić information content (AvgIpc) is 3.10. The number of morpholine rings is 1. The molecule has 0 atom stereocenters. The van der Waals surface area contributed by atoms with Crippen LogP contribution in [0.1, 0.15) is 16.7 Å². The fourth-order valence-corrected chi connectivity index (χ4v) is 3.37. The van der Waals surface area contributed by atoms with Crippen LogP contribution >= 0.6 is 0 Å². The van der Waals surface area contributed by atoms with Crippen LogP contribution in [0.3, 0.4) is 0 Å². The zero-order chi connectivity index (χ0) is 17.1. The van der Waals surface area contributed by atoms with Crippen molar-refractivity contribution in [2.45, 2.75) is 6.42 Å². The number of amidine groups is 1. The van der Waals surface area contributed by atoms with Gasteiger partial charge in [0, 0.05) is 24.3 Å². The van der Waals surface area contributed by atoms with Gasteiger partial charge in [-0.3, -0.25) is 10.0 Å². The van der Waals surface area contributed by atoms with Crippen LogP contribution in [0.15, 0.2) is 53.5 Å². The van der Waals surface area contributed by atoms with E-state index in [2.05, 4.69) is 58.4 Å². The SMILES string of the molecule is NN1CCN=C1c1ccc(Cc2ccc(N3CCOCC3)cc2)cc1. The quantitative estimate of drug-likeness (QED) is 0.868. The minimum atomic E-state index is 0.781. The molecule has 2 aliphatic rings. The van der Waals surface area contributed by atoms with Crippen LogP contribution in [0, 0.1) is 0 Å². The third-order valence-electron chi connectivity index (χ3n) is 4.81. The first-order valence-electron chi connectivity index (χ1n) is 8.87. The van der Waals surface area contributed by atoms with E-state index in [1.165, 1.54) is 16.8 Å². The van der Waals surface area contributed by atoms with Gasteiger partial charge >= 0.3 is 0 Å². The molecule has 2 N–H and O–H groups in total. The number of anilines is 1. The Morgan fingerprint density at radius 2 is 1.52 bits per heavy atom. The van der Waals surface area contributed by atoms with Crippen LogP contribution in [0.4, 0.5) is 5.69 Å². The molecule has 5 nitrogen and oxygen atoms in total. The molecule has 2 aromatic carbocycles. The van der Waals surface area contributed by atoms with Gasteiger partial charge < -0.3 is 9.64 Å². The maximum atomic E-state index is 5.94. The summed E-state index contributed by atoms with van der Waals surface area (Å²) in [6.45, 7) is 5.17. The van der Waals surface area contributed by atoms with Gasteiger partial charge in [-0.05, 0) is 29.7 Å². The minimum Gasteiger partial charge on any atom is -0.378 e. The molecular weight excluding hydrogens is 312 g/mol. The summed E-state index contributed by atoms with van der Waals surface area (Å²) in [4.78, 5) is 6.84. The van der Waals surface area contributed by atoms with Gasteiger partial charge in [0.25, 0.3) is 0 Å². The lowest BCUT2D eigenvalue weighted by Crippen LogP contribution is -2.36. The van der Waals surface area contributed by atoms with E-state index < -0.39 is 0 Å². The largest absolute Gasteiger partial charge is 0.378 e. The van der Waals surface area contributed by atoms with Crippen molar-refractivity contribution >= 4 is 11.5 Å². The summed E-state index contributed by atoms with van der Waals surface area (Å²) in [7, 11) is 0. The van der Waals surface area contributed by atoms with Crippen LogP contribution in [-0.2, 0) is 11.2 Å². The van der Waals surface area contributed by atoms with E-state index in [9.17, 15) is 0 Å². The maximum Gasteiger partial charge on any atom is 0.145 e. The van der Waals surface area contributed by atoms with E-state index in [4.69, 9.17) is 10.6 Å². The number of nitrogens with zero attached hydrogens (tertiary/aromatic N) is 3. The van der Waals surface area contributed by atoms with E-state index in [1.54, 1.807) is 5.01 Å². The molecule has 0 aliphatic carbocycles. The Hall–Kier alpha value is -2.37. The molecule has 130 valence electrons. The first kappa shape index (κ1) is 16.1. The van der Waals surface area contributed by atoms with Crippen LogP contribution in [0.25, 0.3) is 0 Å². The van der Waals surface area contributed by atoms with E-state index >= 15 is 0 Å². The molecule has 0 radical (unpaired) electrons. The molecule has 0 spiro atoms. The van der Waals surface area contributed by atoms with Crippen molar-refractivity contribution in [3.05, 3.63) is 65.2 Å². The second-order valence-electron chi connectivity index (χ2n) is 6.54. The third kappa shape index (κ3) is 3.67. The fraction of sp³-hybridized carbons (Fsp3) is 0.350. The summed E-state index contributed by atoms with van der Waals surface area (Å²) in [6, 6.07) is 17.4. The Bertz CT molecular complexity index is 733. The van der Waals surface area contributed by atoms with Gasteiger partial charge in [0.15, 0.2) is 0 Å². The second kappa shape index (κ2) is 7.25. The molecule has 0 bridgehead atoms. The molecule has 2 heterocycles. The normalized spacial score (nSPS) is 17.7. The standard InChI is InChI=1S/C20H24N4O/c21-24-10-9-22-20(24)18-5-1-16(2-6-18)15-17-3-7-19(8-4-17)23-11-13-25-14-12-23/h1-8H,9-15,21H2. The summed E-state index contributed by atoms with van der Waals surface area (Å²) >= 11 is 0. The highest BCUT2D eigenvalue weighted by Gasteiger charge is 2.15. The summed E-state index contributed by atoms with van der Waals surface area (Å²) in [5, 5.41) is 1.72. The van der Waals surface area contributed by atoms with E-state index in [1.807, 2.05) is 0 Å². The van der Waals surface area contributed by atoms with Crippen molar-refractivity contribution in [1.82, 2.24) is 5.01 Å². The van der Waals surface area contributed by atoms with Gasteiger partial charge in [0.1, 0.15) is 5.84 Å². The number of hydrazine groups is 1. The zero-order valence-electron chi connectivity index (χ0n) is 14.4. The van der Waals surface area contributed by atoms with Crippen molar-refractivity contribution in [3.63, 3.8) is 0 Å². The Balaban J connectivity index is 1.41. The lowest BCUT2D eigenvalue weighted by molar-refractivity contribution is 0.122. The molecule has 2 aliphatic heterocycles. The number of nitrogens with two attached hydrogens (primary N) is 1. The van der Waals surface area contributed by atoms with Gasteiger partial charge in [0.2, 0.25) is 0 Å². The van der Waals surface area contributed by atoms with Crippen LogP contribution < -0.4 is 10.7 Å². The van der Waals surface area contributed by atoms with E-state index in [0.717, 1.165) is 57.2 Å². The lowest BCUT2D eigenvalue weighted by Gasteiger charge is -2.28. The van der Waals surface area contributed by atoms with Crippen molar-refractivity contribution in [2.75, 3.05) is 44.3 Å². The number of benzene rings is 2. The first-order chi connectivity index (χ1) is 12.3. The Kier molecular flexibility index (Phi) is 4.68.